The van der Waals surface area contributed by atoms with Gasteiger partial charge in [0.2, 0.25) is 0 Å². The molecule has 2 aromatic rings. The molecule has 0 atom stereocenters. The highest BCUT2D eigenvalue weighted by molar-refractivity contribution is 7.99. The first-order valence-corrected chi connectivity index (χ1v) is 7.76. The number of hydrogen-bond donors (Lipinski definition) is 1. The molecule has 1 saturated heterocycles. The van der Waals surface area contributed by atoms with Gasteiger partial charge in [-0.1, -0.05) is 0 Å². The second-order valence-corrected chi connectivity index (χ2v) is 6.09. The molecule has 1 fully saturated rings. The van der Waals surface area contributed by atoms with Crippen LogP contribution >= 0.6 is 11.8 Å². The summed E-state index contributed by atoms with van der Waals surface area (Å²) >= 11 is 1.87. The van der Waals surface area contributed by atoms with Crippen molar-refractivity contribution in [1.29, 1.82) is 0 Å². The summed E-state index contributed by atoms with van der Waals surface area (Å²) in [6, 6.07) is 5.14. The number of nitrogens with one attached hydrogen (secondary N) is 1. The molecule has 5 nitrogen and oxygen atoms in total. The fourth-order valence-corrected chi connectivity index (χ4v) is 3.69. The number of rotatable bonds is 2. The van der Waals surface area contributed by atoms with Crippen LogP contribution in [0.1, 0.15) is 18.9 Å². The van der Waals surface area contributed by atoms with E-state index in [1.807, 2.05) is 11.8 Å². The van der Waals surface area contributed by atoms with E-state index in [0.29, 0.717) is 16.7 Å². The van der Waals surface area contributed by atoms with Crippen molar-refractivity contribution >= 4 is 22.7 Å². The summed E-state index contributed by atoms with van der Waals surface area (Å²) in [7, 11) is 1.56. The third-order valence-electron chi connectivity index (χ3n) is 3.69. The van der Waals surface area contributed by atoms with Crippen LogP contribution in [0.2, 0.25) is 0 Å². The molecule has 0 spiro atoms. The summed E-state index contributed by atoms with van der Waals surface area (Å²) < 4.78 is 6.50. The normalized spacial score (nSPS) is 16.4. The van der Waals surface area contributed by atoms with Gasteiger partial charge >= 0.3 is 5.69 Å². The van der Waals surface area contributed by atoms with Crippen molar-refractivity contribution in [2.24, 2.45) is 0 Å². The molecule has 0 unspecified atom stereocenters. The van der Waals surface area contributed by atoms with E-state index in [0.717, 1.165) is 24.3 Å². The number of hydrogen-bond acceptors (Lipinski definition) is 4. The van der Waals surface area contributed by atoms with E-state index in [2.05, 4.69) is 4.98 Å². The van der Waals surface area contributed by atoms with Crippen LogP contribution in [0.4, 0.5) is 0 Å². The van der Waals surface area contributed by atoms with Gasteiger partial charge in [0.25, 0.3) is 5.56 Å². The zero-order chi connectivity index (χ0) is 14.1. The number of aromatic nitrogens is 2. The third kappa shape index (κ3) is 2.24. The number of aromatic amines is 1. The maximum absolute atomic E-state index is 12.5. The van der Waals surface area contributed by atoms with E-state index in [1.54, 1.807) is 25.3 Å². The van der Waals surface area contributed by atoms with E-state index >= 15 is 0 Å². The second-order valence-electron chi connectivity index (χ2n) is 4.86. The average molecular weight is 292 g/mol. The maximum atomic E-state index is 12.5. The van der Waals surface area contributed by atoms with Gasteiger partial charge in [-0.05, 0) is 36.5 Å². The lowest BCUT2D eigenvalue weighted by atomic mass is 10.1. The van der Waals surface area contributed by atoms with Crippen LogP contribution in [0.15, 0.2) is 27.8 Å². The van der Waals surface area contributed by atoms with Gasteiger partial charge in [-0.25, -0.2) is 4.79 Å². The minimum absolute atomic E-state index is 0.0130. The number of nitrogens with zero attached hydrogens (tertiary/aromatic N) is 1. The Morgan fingerprint density at radius 2 is 2.05 bits per heavy atom. The van der Waals surface area contributed by atoms with Gasteiger partial charge in [0.1, 0.15) is 5.75 Å². The first kappa shape index (κ1) is 13.3. The van der Waals surface area contributed by atoms with Crippen molar-refractivity contribution in [2.75, 3.05) is 18.6 Å². The molecule has 2 heterocycles. The Morgan fingerprint density at radius 1 is 1.30 bits per heavy atom. The van der Waals surface area contributed by atoms with Crippen LogP contribution in [-0.4, -0.2) is 28.2 Å². The third-order valence-corrected chi connectivity index (χ3v) is 4.74. The van der Waals surface area contributed by atoms with Crippen LogP contribution in [-0.2, 0) is 0 Å². The highest BCUT2D eigenvalue weighted by Crippen LogP contribution is 2.25. The zero-order valence-corrected chi connectivity index (χ0v) is 12.0. The van der Waals surface area contributed by atoms with Gasteiger partial charge in [-0.15, -0.1) is 0 Å². The van der Waals surface area contributed by atoms with Crippen molar-refractivity contribution in [3.05, 3.63) is 39.0 Å². The van der Waals surface area contributed by atoms with Gasteiger partial charge < -0.3 is 9.72 Å². The fraction of sp³-hybridized carbons (Fsp3) is 0.429. The number of methoxy groups -OCH3 is 1. The van der Waals surface area contributed by atoms with Gasteiger partial charge in [0.15, 0.2) is 0 Å². The first-order valence-electron chi connectivity index (χ1n) is 6.61. The van der Waals surface area contributed by atoms with Crippen molar-refractivity contribution in [1.82, 2.24) is 9.55 Å². The number of fused-ring (bicyclic) bond motifs is 1. The van der Waals surface area contributed by atoms with E-state index in [4.69, 9.17) is 4.74 Å². The molecule has 0 bridgehead atoms. The average Bonchev–Trinajstić information content (AvgIpc) is 2.47. The molecule has 106 valence electrons. The molecule has 1 aromatic carbocycles. The summed E-state index contributed by atoms with van der Waals surface area (Å²) in [5, 5.41) is 0.531. The maximum Gasteiger partial charge on any atom is 0.329 e. The summed E-state index contributed by atoms with van der Waals surface area (Å²) in [4.78, 5) is 27.5. The molecule has 1 aromatic heterocycles. The van der Waals surface area contributed by atoms with Crippen molar-refractivity contribution in [3.8, 4) is 5.75 Å². The molecule has 20 heavy (non-hydrogen) atoms. The predicted octanol–water partition coefficient (Wildman–Crippen LogP) is 1.77. The molecule has 1 aliphatic rings. The number of H-pyrrole nitrogens is 1. The lowest BCUT2D eigenvalue weighted by Gasteiger charge is -2.22. The molecule has 0 radical (unpaired) electrons. The summed E-state index contributed by atoms with van der Waals surface area (Å²) in [6.45, 7) is 0. The van der Waals surface area contributed by atoms with E-state index < -0.39 is 0 Å². The Morgan fingerprint density at radius 3 is 2.75 bits per heavy atom. The van der Waals surface area contributed by atoms with Crippen molar-refractivity contribution in [3.63, 3.8) is 0 Å². The Labute approximate surface area is 120 Å². The highest BCUT2D eigenvalue weighted by Gasteiger charge is 2.20. The van der Waals surface area contributed by atoms with Gasteiger partial charge in [0, 0.05) is 12.1 Å². The van der Waals surface area contributed by atoms with Crippen LogP contribution in [0, 0.1) is 0 Å². The van der Waals surface area contributed by atoms with Gasteiger partial charge in [0.05, 0.1) is 18.0 Å². The van der Waals surface area contributed by atoms with Crippen LogP contribution in [0.5, 0.6) is 5.75 Å². The number of ether oxygens (including phenoxy) is 1. The quantitative estimate of drug-likeness (QED) is 0.916. The topological polar surface area (TPSA) is 64.1 Å². The monoisotopic (exact) mass is 292 g/mol. The molecular weight excluding hydrogens is 276 g/mol. The van der Waals surface area contributed by atoms with Crippen molar-refractivity contribution in [2.45, 2.75) is 18.9 Å². The molecular formula is C14H16N2O3S. The minimum Gasteiger partial charge on any atom is -0.497 e. The summed E-state index contributed by atoms with van der Waals surface area (Å²) in [5.74, 6) is 2.62. The molecule has 0 saturated carbocycles. The lowest BCUT2D eigenvalue weighted by molar-refractivity contribution is 0.415. The Balaban J connectivity index is 2.19. The molecule has 3 rings (SSSR count). The fourth-order valence-electron chi connectivity index (χ4n) is 2.61. The Hall–Kier alpha value is -1.69. The van der Waals surface area contributed by atoms with Gasteiger partial charge in [-0.2, -0.15) is 11.8 Å². The molecule has 0 amide bonds. The van der Waals surface area contributed by atoms with Crippen molar-refractivity contribution < 1.29 is 4.74 Å². The largest absolute Gasteiger partial charge is 0.497 e. The molecule has 1 N–H and O–H groups in total. The highest BCUT2D eigenvalue weighted by atomic mass is 32.2. The minimum atomic E-state index is -0.326. The summed E-state index contributed by atoms with van der Waals surface area (Å²) in [5.41, 5.74) is -0.00302. The SMILES string of the molecule is COc1ccc2c(=O)n(C3CCSCC3)c(=O)[nH]c2c1. The molecule has 0 aliphatic carbocycles. The zero-order valence-electron chi connectivity index (χ0n) is 11.2. The van der Waals surface area contributed by atoms with Crippen LogP contribution < -0.4 is 16.0 Å². The smallest absolute Gasteiger partial charge is 0.329 e. The van der Waals surface area contributed by atoms with Crippen LogP contribution in [0.25, 0.3) is 10.9 Å². The van der Waals surface area contributed by atoms with E-state index in [-0.39, 0.29) is 17.3 Å². The first-order chi connectivity index (χ1) is 9.70. The van der Waals surface area contributed by atoms with Crippen LogP contribution in [0.3, 0.4) is 0 Å². The number of thioether (sulfide) groups is 1. The van der Waals surface area contributed by atoms with E-state index in [9.17, 15) is 9.59 Å². The summed E-state index contributed by atoms with van der Waals surface area (Å²) in [6.07, 6.45) is 1.74. The predicted molar refractivity (Wildman–Crippen MR) is 81.0 cm³/mol. The molecule has 6 heteroatoms. The Kier molecular flexibility index (Phi) is 3.56. The standard InChI is InChI=1S/C14H16N2O3S/c1-19-10-2-3-11-12(8-10)15-14(18)16(13(11)17)9-4-6-20-7-5-9/h2-3,8-9H,4-7H2,1H3,(H,15,18). The van der Waals surface area contributed by atoms with E-state index in [1.165, 1.54) is 4.57 Å². The van der Waals surface area contributed by atoms with Gasteiger partial charge in [-0.3, -0.25) is 9.36 Å². The molecule has 1 aliphatic heterocycles. The lowest BCUT2D eigenvalue weighted by Crippen LogP contribution is -2.39. The Bertz CT molecular complexity index is 744. The second kappa shape index (κ2) is 5.36. The number of benzene rings is 1.